The van der Waals surface area contributed by atoms with Crippen LogP contribution in [0, 0.1) is 6.92 Å². The largest absolute Gasteiger partial charge is 0.385 e. The Bertz CT molecular complexity index is 1340. The van der Waals surface area contributed by atoms with Gasteiger partial charge in [0.15, 0.2) is 0 Å². The van der Waals surface area contributed by atoms with Crippen molar-refractivity contribution in [3.63, 3.8) is 0 Å². The number of anilines is 1. The molecule has 3 aromatic rings. The van der Waals surface area contributed by atoms with E-state index in [0.717, 1.165) is 21.8 Å². The molecule has 3 rings (SSSR count). The second-order valence-electron chi connectivity index (χ2n) is 10.3. The maximum Gasteiger partial charge on any atom is 0.222 e. The van der Waals surface area contributed by atoms with Gasteiger partial charge in [-0.1, -0.05) is 13.0 Å². The molecule has 1 aromatic heterocycles. The number of amides is 3. The lowest BCUT2D eigenvalue weighted by atomic mass is 10.2. The standard InChI is InChI=1S/C33H47N5O7S/c1-3-30(39)35-13-14-36-32(41)11-16-42-18-20-44-22-23-45-21-19-43-17-15-37-31(40)10-12-34-27-7-5-26(6-8-27)33-38-28-9-4-25(2)24-29(28)46-33/h4-9,24,34H,3,10-23H2,1-2H3,(H,35,39)(H,36,41)(H,37,40). The number of rotatable bonds is 24. The maximum atomic E-state index is 12.1. The molecule has 0 aliphatic rings. The van der Waals surface area contributed by atoms with Gasteiger partial charge in [-0.2, -0.15) is 0 Å². The number of hydrogen-bond donors (Lipinski definition) is 4. The van der Waals surface area contributed by atoms with Crippen LogP contribution in [0.25, 0.3) is 20.8 Å². The first-order valence-corrected chi connectivity index (χ1v) is 16.6. The number of thiazole rings is 1. The number of nitrogens with one attached hydrogen (secondary N) is 4. The number of ether oxygens (including phenoxy) is 4. The Balaban J connectivity index is 1.07. The van der Waals surface area contributed by atoms with Crippen LogP contribution in [0.1, 0.15) is 31.7 Å². The average Bonchev–Trinajstić information content (AvgIpc) is 3.48. The Hall–Kier alpha value is -3.62. The van der Waals surface area contributed by atoms with Gasteiger partial charge in [0.2, 0.25) is 17.7 Å². The number of benzene rings is 2. The van der Waals surface area contributed by atoms with E-state index in [-0.39, 0.29) is 24.1 Å². The van der Waals surface area contributed by atoms with E-state index in [0.29, 0.717) is 91.9 Å². The van der Waals surface area contributed by atoms with Crippen molar-refractivity contribution >= 4 is 45.0 Å². The molecule has 2 aromatic carbocycles. The Morgan fingerprint density at radius 3 is 1.93 bits per heavy atom. The fraction of sp³-hybridized carbons (Fsp3) is 0.515. The normalized spacial score (nSPS) is 11.0. The van der Waals surface area contributed by atoms with Crippen LogP contribution >= 0.6 is 11.3 Å². The van der Waals surface area contributed by atoms with E-state index >= 15 is 0 Å². The van der Waals surface area contributed by atoms with Crippen molar-refractivity contribution in [2.24, 2.45) is 0 Å². The molecule has 13 heteroatoms. The Kier molecular flexibility index (Phi) is 17.6. The van der Waals surface area contributed by atoms with Gasteiger partial charge in [0, 0.05) is 56.7 Å². The molecule has 0 saturated heterocycles. The van der Waals surface area contributed by atoms with Gasteiger partial charge >= 0.3 is 0 Å². The minimum atomic E-state index is -0.118. The van der Waals surface area contributed by atoms with E-state index in [1.54, 1.807) is 18.3 Å². The summed E-state index contributed by atoms with van der Waals surface area (Å²) in [6.45, 7) is 8.93. The molecule has 4 N–H and O–H groups in total. The third-order valence-corrected chi connectivity index (χ3v) is 7.67. The van der Waals surface area contributed by atoms with E-state index in [2.05, 4.69) is 46.4 Å². The lowest BCUT2D eigenvalue weighted by Gasteiger charge is -2.09. The van der Waals surface area contributed by atoms with Crippen molar-refractivity contribution < 1.29 is 33.3 Å². The second kappa shape index (κ2) is 22.0. The minimum Gasteiger partial charge on any atom is -0.385 e. The zero-order chi connectivity index (χ0) is 32.8. The summed E-state index contributed by atoms with van der Waals surface area (Å²) in [5, 5.41) is 12.6. The third kappa shape index (κ3) is 15.1. The molecule has 0 aliphatic heterocycles. The monoisotopic (exact) mass is 657 g/mol. The van der Waals surface area contributed by atoms with Crippen LogP contribution in [0.3, 0.4) is 0 Å². The van der Waals surface area contributed by atoms with Gasteiger partial charge in [-0.3, -0.25) is 14.4 Å². The summed E-state index contributed by atoms with van der Waals surface area (Å²) >= 11 is 1.69. The maximum absolute atomic E-state index is 12.1. The summed E-state index contributed by atoms with van der Waals surface area (Å²) in [7, 11) is 0. The summed E-state index contributed by atoms with van der Waals surface area (Å²) in [4.78, 5) is 39.6. The number of nitrogens with zero attached hydrogens (tertiary/aromatic N) is 1. The van der Waals surface area contributed by atoms with Gasteiger partial charge in [0.1, 0.15) is 5.01 Å². The summed E-state index contributed by atoms with van der Waals surface area (Å²) < 4.78 is 23.0. The zero-order valence-corrected chi connectivity index (χ0v) is 27.7. The number of hydrogen-bond acceptors (Lipinski definition) is 10. The van der Waals surface area contributed by atoms with Gasteiger partial charge in [-0.15, -0.1) is 11.3 Å². The van der Waals surface area contributed by atoms with Crippen molar-refractivity contribution in [3.05, 3.63) is 48.0 Å². The van der Waals surface area contributed by atoms with Crippen LogP contribution < -0.4 is 21.3 Å². The average molecular weight is 658 g/mol. The third-order valence-electron chi connectivity index (χ3n) is 6.61. The Morgan fingerprint density at radius 1 is 0.674 bits per heavy atom. The van der Waals surface area contributed by atoms with E-state index < -0.39 is 0 Å². The van der Waals surface area contributed by atoms with Crippen LogP contribution in [0.2, 0.25) is 0 Å². The van der Waals surface area contributed by atoms with Crippen molar-refractivity contribution in [1.29, 1.82) is 0 Å². The lowest BCUT2D eigenvalue weighted by molar-refractivity contribution is -0.123. The van der Waals surface area contributed by atoms with Crippen LogP contribution in [-0.2, 0) is 33.3 Å². The Morgan fingerprint density at radius 2 is 1.26 bits per heavy atom. The summed E-state index contributed by atoms with van der Waals surface area (Å²) in [5.74, 6) is -0.190. The highest BCUT2D eigenvalue weighted by Gasteiger charge is 2.07. The van der Waals surface area contributed by atoms with E-state index in [9.17, 15) is 14.4 Å². The van der Waals surface area contributed by atoms with E-state index in [4.69, 9.17) is 23.9 Å². The smallest absolute Gasteiger partial charge is 0.222 e. The first-order chi connectivity index (χ1) is 22.4. The Labute approximate surface area is 274 Å². The van der Waals surface area contributed by atoms with Crippen LogP contribution in [0.5, 0.6) is 0 Å². The molecule has 252 valence electrons. The first-order valence-electron chi connectivity index (χ1n) is 15.8. The second-order valence-corrected chi connectivity index (χ2v) is 11.4. The molecule has 0 atom stereocenters. The van der Waals surface area contributed by atoms with Crippen LogP contribution in [0.4, 0.5) is 5.69 Å². The van der Waals surface area contributed by atoms with Gasteiger partial charge in [0.05, 0.1) is 63.1 Å². The van der Waals surface area contributed by atoms with E-state index in [1.807, 2.05) is 24.3 Å². The first kappa shape index (κ1) is 36.8. The molecule has 0 spiro atoms. The fourth-order valence-electron chi connectivity index (χ4n) is 4.10. The fourth-order valence-corrected chi connectivity index (χ4v) is 5.17. The van der Waals surface area contributed by atoms with Crippen LogP contribution in [0.15, 0.2) is 42.5 Å². The minimum absolute atomic E-state index is 0.0350. The highest BCUT2D eigenvalue weighted by Crippen LogP contribution is 2.31. The lowest BCUT2D eigenvalue weighted by Crippen LogP contribution is -2.34. The van der Waals surface area contributed by atoms with Crippen molar-refractivity contribution in [2.45, 2.75) is 33.1 Å². The molecule has 3 amide bonds. The number of carbonyl (C=O) groups excluding carboxylic acids is 3. The predicted octanol–water partition coefficient (Wildman–Crippen LogP) is 3.29. The molecule has 0 bridgehead atoms. The molecule has 0 fully saturated rings. The molecule has 0 unspecified atom stereocenters. The summed E-state index contributed by atoms with van der Waals surface area (Å²) in [6.07, 6.45) is 1.05. The van der Waals surface area contributed by atoms with Crippen molar-refractivity contribution in [3.8, 4) is 10.6 Å². The van der Waals surface area contributed by atoms with E-state index in [1.165, 1.54) is 10.3 Å². The molecule has 1 heterocycles. The van der Waals surface area contributed by atoms with Crippen LogP contribution in [-0.4, -0.2) is 102 Å². The number of carbonyl (C=O) groups is 3. The summed E-state index contributed by atoms with van der Waals surface area (Å²) in [5.41, 5.74) is 4.28. The molecule has 46 heavy (non-hydrogen) atoms. The highest BCUT2D eigenvalue weighted by molar-refractivity contribution is 7.21. The van der Waals surface area contributed by atoms with Gasteiger partial charge in [-0.25, -0.2) is 4.98 Å². The SMILES string of the molecule is CCC(=O)NCCNC(=O)CCOCCOCCOCCOCCNC(=O)CCNc1ccc(-c2nc3ccc(C)cc3s2)cc1. The predicted molar refractivity (Wildman–Crippen MR) is 180 cm³/mol. The molecule has 12 nitrogen and oxygen atoms in total. The topological polar surface area (TPSA) is 149 Å². The number of aromatic nitrogens is 1. The van der Waals surface area contributed by atoms with Gasteiger partial charge in [0.25, 0.3) is 0 Å². The highest BCUT2D eigenvalue weighted by atomic mass is 32.1. The van der Waals surface area contributed by atoms with Gasteiger partial charge in [-0.05, 0) is 48.9 Å². The van der Waals surface area contributed by atoms with Crippen molar-refractivity contribution in [1.82, 2.24) is 20.9 Å². The molecule has 0 aliphatic carbocycles. The molecular formula is C33H47N5O7S. The van der Waals surface area contributed by atoms with Crippen molar-refractivity contribution in [2.75, 3.05) is 84.4 Å². The quantitative estimate of drug-likeness (QED) is 0.107. The number of aryl methyl sites for hydroxylation is 1. The summed E-state index contributed by atoms with van der Waals surface area (Å²) in [6, 6.07) is 14.4. The zero-order valence-electron chi connectivity index (χ0n) is 26.9. The van der Waals surface area contributed by atoms with Gasteiger partial charge < -0.3 is 40.2 Å². The molecule has 0 radical (unpaired) electrons. The molecule has 0 saturated carbocycles. The number of fused-ring (bicyclic) bond motifs is 1. The molecular weight excluding hydrogens is 610 g/mol.